The van der Waals surface area contributed by atoms with Crippen LogP contribution in [0.25, 0.3) is 12.2 Å². The van der Waals surface area contributed by atoms with E-state index >= 15 is 0 Å². The predicted molar refractivity (Wildman–Crippen MR) is 130 cm³/mol. The minimum atomic E-state index is -0.813. The second-order valence-electron chi connectivity index (χ2n) is 7.58. The van der Waals surface area contributed by atoms with Crippen molar-refractivity contribution >= 4 is 35.1 Å². The van der Waals surface area contributed by atoms with Crippen LogP contribution >= 0.6 is 11.3 Å². The normalized spacial score (nSPS) is 15.7. The summed E-state index contributed by atoms with van der Waals surface area (Å²) >= 11 is 1.16. The molecule has 8 nitrogen and oxygen atoms in total. The molecule has 1 atom stereocenters. The molecule has 0 amide bonds. The maximum Gasteiger partial charge on any atom is 0.338 e. The number of nitrogens with zero attached hydrogens (tertiary/aromatic N) is 3. The Morgan fingerprint density at radius 2 is 1.91 bits per heavy atom. The Bertz CT molecular complexity index is 1530. The van der Waals surface area contributed by atoms with E-state index in [1.807, 2.05) is 0 Å². The molecule has 35 heavy (non-hydrogen) atoms. The van der Waals surface area contributed by atoms with Crippen LogP contribution in [0.1, 0.15) is 31.0 Å². The summed E-state index contributed by atoms with van der Waals surface area (Å²) in [5.41, 5.74) is 1.56. The summed E-state index contributed by atoms with van der Waals surface area (Å²) in [6.45, 7) is 3.52. The molecule has 0 radical (unpaired) electrons. The van der Waals surface area contributed by atoms with Crippen LogP contribution in [0.3, 0.4) is 0 Å². The number of nitro benzene ring substituents is 1. The van der Waals surface area contributed by atoms with Gasteiger partial charge in [0.05, 0.1) is 33.4 Å². The third kappa shape index (κ3) is 4.87. The molecule has 4 rings (SSSR count). The maximum absolute atomic E-state index is 13.6. The lowest BCUT2D eigenvalue weighted by Gasteiger charge is -2.24. The molecular weight excluding hydrogens is 473 g/mol. The molecule has 0 bridgehead atoms. The quantitative estimate of drug-likeness (QED) is 0.297. The van der Waals surface area contributed by atoms with Gasteiger partial charge in [0.1, 0.15) is 5.82 Å². The largest absolute Gasteiger partial charge is 0.463 e. The second-order valence-corrected chi connectivity index (χ2v) is 8.59. The molecule has 0 N–H and O–H groups in total. The number of carbonyl (C=O) groups excluding carboxylic acids is 1. The van der Waals surface area contributed by atoms with Crippen LogP contribution in [0.15, 0.2) is 75.7 Å². The number of hydrogen-bond acceptors (Lipinski definition) is 7. The highest BCUT2D eigenvalue weighted by atomic mass is 32.1. The fourth-order valence-electron chi connectivity index (χ4n) is 3.72. The van der Waals surface area contributed by atoms with E-state index in [0.717, 1.165) is 16.9 Å². The number of nitro groups is 1. The van der Waals surface area contributed by atoms with Crippen molar-refractivity contribution in [3.05, 3.63) is 113 Å². The molecule has 2 heterocycles. The van der Waals surface area contributed by atoms with Crippen LogP contribution in [0.2, 0.25) is 0 Å². The number of rotatable bonds is 6. The number of halogens is 1. The van der Waals surface area contributed by atoms with Crippen molar-refractivity contribution in [2.24, 2.45) is 4.99 Å². The zero-order valence-electron chi connectivity index (χ0n) is 18.8. The lowest BCUT2D eigenvalue weighted by molar-refractivity contribution is -0.384. The van der Waals surface area contributed by atoms with E-state index in [0.29, 0.717) is 20.6 Å². The summed E-state index contributed by atoms with van der Waals surface area (Å²) in [7, 11) is 0. The summed E-state index contributed by atoms with van der Waals surface area (Å²) in [6, 6.07) is 10.8. The van der Waals surface area contributed by atoms with E-state index < -0.39 is 22.8 Å². The highest BCUT2D eigenvalue weighted by molar-refractivity contribution is 7.07. The van der Waals surface area contributed by atoms with E-state index in [9.17, 15) is 24.1 Å². The number of aromatic nitrogens is 1. The first-order chi connectivity index (χ1) is 16.8. The lowest BCUT2D eigenvalue weighted by Crippen LogP contribution is -2.39. The van der Waals surface area contributed by atoms with Crippen molar-refractivity contribution < 1.29 is 18.8 Å². The number of non-ortho nitro benzene ring substituents is 1. The number of esters is 1. The molecule has 0 aliphatic carbocycles. The van der Waals surface area contributed by atoms with E-state index in [-0.39, 0.29) is 23.4 Å². The van der Waals surface area contributed by atoms with E-state index in [4.69, 9.17) is 4.74 Å². The first-order valence-electron chi connectivity index (χ1n) is 10.7. The molecule has 1 aromatic heterocycles. The van der Waals surface area contributed by atoms with Crippen molar-refractivity contribution in [3.63, 3.8) is 0 Å². The Kier molecular flexibility index (Phi) is 6.83. The maximum atomic E-state index is 13.6. The number of carbonyl (C=O) groups is 1. The van der Waals surface area contributed by atoms with Gasteiger partial charge in [0, 0.05) is 12.1 Å². The van der Waals surface area contributed by atoms with Crippen molar-refractivity contribution in [1.82, 2.24) is 4.57 Å². The van der Waals surface area contributed by atoms with Gasteiger partial charge in [-0.1, -0.05) is 35.6 Å². The van der Waals surface area contributed by atoms with Crippen LogP contribution in [0, 0.1) is 15.9 Å². The van der Waals surface area contributed by atoms with Crippen molar-refractivity contribution in [3.8, 4) is 0 Å². The Morgan fingerprint density at radius 3 is 2.54 bits per heavy atom. The molecule has 0 fully saturated rings. The molecular formula is C25H20FN3O5S. The number of ether oxygens (including phenoxy) is 1. The second kappa shape index (κ2) is 9.98. The Hall–Kier alpha value is -4.18. The van der Waals surface area contributed by atoms with Gasteiger partial charge in [-0.05, 0) is 55.3 Å². The van der Waals surface area contributed by atoms with Gasteiger partial charge in [0.25, 0.3) is 11.2 Å². The van der Waals surface area contributed by atoms with Gasteiger partial charge in [-0.25, -0.2) is 14.2 Å². The highest BCUT2D eigenvalue weighted by Gasteiger charge is 2.33. The zero-order valence-corrected chi connectivity index (χ0v) is 19.6. The Balaban J connectivity index is 1.79. The molecule has 10 heteroatoms. The smallest absolute Gasteiger partial charge is 0.338 e. The third-order valence-electron chi connectivity index (χ3n) is 5.34. The first kappa shape index (κ1) is 24.0. The van der Waals surface area contributed by atoms with Gasteiger partial charge < -0.3 is 4.74 Å². The topological polar surface area (TPSA) is 104 Å². The van der Waals surface area contributed by atoms with Gasteiger partial charge in [-0.15, -0.1) is 0 Å². The van der Waals surface area contributed by atoms with Crippen LogP contribution in [-0.2, 0) is 9.53 Å². The molecule has 178 valence electrons. The van der Waals surface area contributed by atoms with Crippen molar-refractivity contribution in [1.29, 1.82) is 0 Å². The minimum Gasteiger partial charge on any atom is -0.463 e. The summed E-state index contributed by atoms with van der Waals surface area (Å²) in [5.74, 6) is -1.02. The average Bonchev–Trinajstić information content (AvgIpc) is 3.14. The first-order valence-corrected chi connectivity index (χ1v) is 11.5. The van der Waals surface area contributed by atoms with Crippen molar-refractivity contribution in [2.45, 2.75) is 19.9 Å². The van der Waals surface area contributed by atoms with Crippen LogP contribution in [0.4, 0.5) is 10.1 Å². The zero-order chi connectivity index (χ0) is 25.1. The van der Waals surface area contributed by atoms with Gasteiger partial charge in [0.15, 0.2) is 4.80 Å². The number of allylic oxidation sites excluding steroid dienone is 2. The van der Waals surface area contributed by atoms with Crippen LogP contribution < -0.4 is 14.9 Å². The highest BCUT2D eigenvalue weighted by Crippen LogP contribution is 2.30. The fraction of sp³-hybridized carbons (Fsp3) is 0.160. The molecule has 0 saturated heterocycles. The summed E-state index contributed by atoms with van der Waals surface area (Å²) in [6.07, 6.45) is 5.00. The number of hydrogen-bond donors (Lipinski definition) is 0. The molecule has 0 saturated carbocycles. The SMILES string of the molecule is CCOC(=O)C1=C(C)N=c2sc(=CC=Cc3ccc([N+](=O)[O-])cc3)c(=O)n2C1c1ccc(F)cc1. The van der Waals surface area contributed by atoms with E-state index in [1.165, 1.54) is 41.0 Å². The molecule has 1 aliphatic rings. The van der Waals surface area contributed by atoms with E-state index in [2.05, 4.69) is 4.99 Å². The van der Waals surface area contributed by atoms with Crippen molar-refractivity contribution in [2.75, 3.05) is 6.61 Å². The van der Waals surface area contributed by atoms with Crippen LogP contribution in [0.5, 0.6) is 0 Å². The fourth-order valence-corrected chi connectivity index (χ4v) is 4.72. The minimum absolute atomic E-state index is 0.0102. The van der Waals surface area contributed by atoms with Crippen LogP contribution in [-0.4, -0.2) is 22.1 Å². The third-order valence-corrected chi connectivity index (χ3v) is 6.34. The molecule has 2 aromatic carbocycles. The molecule has 1 aliphatic heterocycles. The Labute approximate surface area is 202 Å². The Morgan fingerprint density at radius 1 is 1.23 bits per heavy atom. The van der Waals surface area contributed by atoms with E-state index in [1.54, 1.807) is 44.2 Å². The molecule has 0 spiro atoms. The van der Waals surface area contributed by atoms with Gasteiger partial charge >= 0.3 is 5.97 Å². The van der Waals surface area contributed by atoms with Gasteiger partial charge in [-0.3, -0.25) is 19.5 Å². The molecule has 1 unspecified atom stereocenters. The number of benzene rings is 2. The lowest BCUT2D eigenvalue weighted by atomic mass is 9.96. The monoisotopic (exact) mass is 493 g/mol. The number of fused-ring (bicyclic) bond motifs is 1. The summed E-state index contributed by atoms with van der Waals surface area (Å²) in [4.78, 5) is 41.4. The average molecular weight is 494 g/mol. The standard InChI is InChI=1S/C25H20FN3O5S/c1-3-34-24(31)21-15(2)27-25-28(22(21)17-9-11-18(26)12-10-17)23(30)20(35-25)6-4-5-16-7-13-19(14-8-16)29(32)33/h4-14,22H,3H2,1-2H3. The summed E-state index contributed by atoms with van der Waals surface area (Å²) in [5, 5.41) is 10.8. The number of thiazole rings is 1. The molecule has 3 aromatic rings. The van der Waals surface area contributed by atoms with Gasteiger partial charge in [0.2, 0.25) is 0 Å². The predicted octanol–water partition coefficient (Wildman–Crippen LogP) is 3.51. The summed E-state index contributed by atoms with van der Waals surface area (Å²) < 4.78 is 20.6. The van der Waals surface area contributed by atoms with Gasteiger partial charge in [-0.2, -0.15) is 0 Å².